The Hall–Kier alpha value is -0.860. The Labute approximate surface area is 135 Å². The van der Waals surface area contributed by atoms with E-state index in [0.29, 0.717) is 12.0 Å². The van der Waals surface area contributed by atoms with Crippen molar-refractivity contribution in [2.24, 2.45) is 11.7 Å². The van der Waals surface area contributed by atoms with Crippen LogP contribution < -0.4 is 5.73 Å². The molecule has 0 amide bonds. The molecule has 0 spiro atoms. The number of nitrogens with two attached hydrogens (primary N) is 1. The topological polar surface area (TPSA) is 35.2 Å². The monoisotopic (exact) mass is 301 g/mol. The van der Waals surface area contributed by atoms with Crippen LogP contribution in [0, 0.1) is 5.92 Å². The highest BCUT2D eigenvalue weighted by molar-refractivity contribution is 5.36. The maximum absolute atomic E-state index is 6.08. The zero-order valence-corrected chi connectivity index (χ0v) is 14.0. The van der Waals surface area contributed by atoms with Crippen molar-refractivity contribution >= 4 is 0 Å². The van der Waals surface area contributed by atoms with Gasteiger partial charge in [0.1, 0.15) is 0 Å². The first kappa shape index (κ1) is 16.0. The molecule has 0 aliphatic heterocycles. The van der Waals surface area contributed by atoms with E-state index in [1.165, 1.54) is 57.8 Å². The SMILES string of the molecule is COCCCCC1CCc2cc(C3CCC(N)C3)ccc2C1. The summed E-state index contributed by atoms with van der Waals surface area (Å²) in [6, 6.07) is 7.72. The Kier molecular flexibility index (Phi) is 5.54. The van der Waals surface area contributed by atoms with Crippen LogP contribution in [-0.4, -0.2) is 19.8 Å². The molecule has 3 unspecified atom stereocenters. The van der Waals surface area contributed by atoms with Crippen LogP contribution in [0.5, 0.6) is 0 Å². The first-order valence-electron chi connectivity index (χ1n) is 9.12. The van der Waals surface area contributed by atoms with Gasteiger partial charge in [0.15, 0.2) is 0 Å². The quantitative estimate of drug-likeness (QED) is 0.799. The molecule has 2 heteroatoms. The molecule has 1 aromatic carbocycles. The van der Waals surface area contributed by atoms with Gasteiger partial charge in [0.2, 0.25) is 0 Å². The van der Waals surface area contributed by atoms with Crippen molar-refractivity contribution in [3.05, 3.63) is 34.9 Å². The molecule has 22 heavy (non-hydrogen) atoms. The van der Waals surface area contributed by atoms with Crippen LogP contribution in [0.3, 0.4) is 0 Å². The average Bonchev–Trinajstić information content (AvgIpc) is 2.97. The van der Waals surface area contributed by atoms with Gasteiger partial charge < -0.3 is 10.5 Å². The van der Waals surface area contributed by atoms with Gasteiger partial charge in [-0.05, 0) is 73.5 Å². The van der Waals surface area contributed by atoms with Crippen LogP contribution in [-0.2, 0) is 17.6 Å². The van der Waals surface area contributed by atoms with E-state index in [0.717, 1.165) is 12.5 Å². The van der Waals surface area contributed by atoms with Crippen molar-refractivity contribution < 1.29 is 4.74 Å². The molecule has 122 valence electrons. The van der Waals surface area contributed by atoms with Gasteiger partial charge in [-0.2, -0.15) is 0 Å². The van der Waals surface area contributed by atoms with Crippen molar-refractivity contribution in [3.8, 4) is 0 Å². The predicted molar refractivity (Wildman–Crippen MR) is 92.3 cm³/mol. The van der Waals surface area contributed by atoms with Gasteiger partial charge in [-0.15, -0.1) is 0 Å². The lowest BCUT2D eigenvalue weighted by Crippen LogP contribution is -2.16. The van der Waals surface area contributed by atoms with Crippen LogP contribution in [0.2, 0.25) is 0 Å². The van der Waals surface area contributed by atoms with Crippen LogP contribution >= 0.6 is 0 Å². The molecule has 0 saturated heterocycles. The van der Waals surface area contributed by atoms with Crippen LogP contribution in [0.4, 0.5) is 0 Å². The summed E-state index contributed by atoms with van der Waals surface area (Å²) in [4.78, 5) is 0. The van der Waals surface area contributed by atoms with Crippen molar-refractivity contribution in [3.63, 3.8) is 0 Å². The van der Waals surface area contributed by atoms with E-state index < -0.39 is 0 Å². The van der Waals surface area contributed by atoms with Gasteiger partial charge in [-0.25, -0.2) is 0 Å². The van der Waals surface area contributed by atoms with Crippen LogP contribution in [0.1, 0.15) is 67.6 Å². The predicted octanol–water partition coefficient (Wildman–Crippen LogP) is 4.20. The number of fused-ring (bicyclic) bond motifs is 1. The van der Waals surface area contributed by atoms with Gasteiger partial charge in [0.05, 0.1) is 0 Å². The molecule has 2 aliphatic carbocycles. The molecule has 3 atom stereocenters. The normalized spacial score (nSPS) is 27.8. The van der Waals surface area contributed by atoms with Crippen molar-refractivity contribution in [1.82, 2.24) is 0 Å². The average molecular weight is 301 g/mol. The molecular weight excluding hydrogens is 270 g/mol. The molecule has 0 radical (unpaired) electrons. The molecule has 0 bridgehead atoms. The highest BCUT2D eigenvalue weighted by Crippen LogP contribution is 2.36. The third-order valence-corrected chi connectivity index (χ3v) is 5.72. The lowest BCUT2D eigenvalue weighted by atomic mass is 9.80. The first-order valence-corrected chi connectivity index (χ1v) is 9.12. The number of rotatable bonds is 6. The fraction of sp³-hybridized carbons (Fsp3) is 0.700. The molecule has 1 saturated carbocycles. The molecule has 2 nitrogen and oxygen atoms in total. The molecule has 2 N–H and O–H groups in total. The summed E-state index contributed by atoms with van der Waals surface area (Å²) >= 11 is 0. The number of ether oxygens (including phenoxy) is 1. The summed E-state index contributed by atoms with van der Waals surface area (Å²) in [5.74, 6) is 1.60. The van der Waals surface area contributed by atoms with Gasteiger partial charge in [0, 0.05) is 19.8 Å². The summed E-state index contributed by atoms with van der Waals surface area (Å²) in [5, 5.41) is 0. The number of methoxy groups -OCH3 is 1. The number of hydrogen-bond donors (Lipinski definition) is 1. The van der Waals surface area contributed by atoms with Crippen LogP contribution in [0.15, 0.2) is 18.2 Å². The zero-order chi connectivity index (χ0) is 15.4. The van der Waals surface area contributed by atoms with E-state index >= 15 is 0 Å². The van der Waals surface area contributed by atoms with Gasteiger partial charge in [0.25, 0.3) is 0 Å². The maximum atomic E-state index is 6.08. The van der Waals surface area contributed by atoms with E-state index in [-0.39, 0.29) is 0 Å². The molecular formula is C20H31NO. The molecule has 1 aromatic rings. The third kappa shape index (κ3) is 3.91. The van der Waals surface area contributed by atoms with Gasteiger partial charge in [-0.3, -0.25) is 0 Å². The minimum Gasteiger partial charge on any atom is -0.385 e. The molecule has 0 heterocycles. The lowest BCUT2D eigenvalue weighted by Gasteiger charge is -2.26. The van der Waals surface area contributed by atoms with E-state index in [1.54, 1.807) is 23.8 Å². The van der Waals surface area contributed by atoms with Gasteiger partial charge in [-0.1, -0.05) is 31.0 Å². The Morgan fingerprint density at radius 3 is 2.82 bits per heavy atom. The van der Waals surface area contributed by atoms with Crippen molar-refractivity contribution in [2.45, 2.75) is 69.7 Å². The number of aryl methyl sites for hydroxylation is 1. The minimum absolute atomic E-state index is 0.428. The smallest absolute Gasteiger partial charge is 0.0462 e. The van der Waals surface area contributed by atoms with Crippen molar-refractivity contribution in [1.29, 1.82) is 0 Å². The second-order valence-corrected chi connectivity index (χ2v) is 7.40. The number of unbranched alkanes of at least 4 members (excludes halogenated alkanes) is 1. The first-order chi connectivity index (χ1) is 10.8. The molecule has 2 aliphatic rings. The lowest BCUT2D eigenvalue weighted by molar-refractivity contribution is 0.189. The van der Waals surface area contributed by atoms with Gasteiger partial charge >= 0.3 is 0 Å². The standard InChI is InChI=1S/C20H31NO/c1-22-11-3-2-4-15-5-6-17-13-18(8-7-16(17)12-15)19-9-10-20(21)14-19/h7-8,13,15,19-20H,2-6,9-12,14,21H2,1H3. The largest absolute Gasteiger partial charge is 0.385 e. The molecule has 3 rings (SSSR count). The summed E-state index contributed by atoms with van der Waals surface area (Å²) in [6.45, 7) is 0.913. The van der Waals surface area contributed by atoms with E-state index in [1.807, 2.05) is 0 Å². The Bertz CT molecular complexity index is 485. The fourth-order valence-corrected chi connectivity index (χ4v) is 4.35. The number of benzene rings is 1. The summed E-state index contributed by atoms with van der Waals surface area (Å²) in [6.07, 6.45) is 11.5. The zero-order valence-electron chi connectivity index (χ0n) is 14.0. The summed E-state index contributed by atoms with van der Waals surface area (Å²) in [7, 11) is 1.80. The van der Waals surface area contributed by atoms with Crippen molar-refractivity contribution in [2.75, 3.05) is 13.7 Å². The highest BCUT2D eigenvalue weighted by atomic mass is 16.5. The van der Waals surface area contributed by atoms with E-state index in [4.69, 9.17) is 10.5 Å². The van der Waals surface area contributed by atoms with E-state index in [9.17, 15) is 0 Å². The summed E-state index contributed by atoms with van der Waals surface area (Å²) < 4.78 is 5.15. The highest BCUT2D eigenvalue weighted by Gasteiger charge is 2.25. The number of hydrogen-bond acceptors (Lipinski definition) is 2. The Morgan fingerprint density at radius 1 is 1.14 bits per heavy atom. The third-order valence-electron chi connectivity index (χ3n) is 5.72. The second kappa shape index (κ2) is 7.61. The Balaban J connectivity index is 1.57. The minimum atomic E-state index is 0.428. The molecule has 0 aromatic heterocycles. The Morgan fingerprint density at radius 2 is 2.05 bits per heavy atom. The van der Waals surface area contributed by atoms with Crippen LogP contribution in [0.25, 0.3) is 0 Å². The molecule has 1 fully saturated rings. The second-order valence-electron chi connectivity index (χ2n) is 7.40. The maximum Gasteiger partial charge on any atom is 0.0462 e. The van der Waals surface area contributed by atoms with E-state index in [2.05, 4.69) is 18.2 Å². The summed E-state index contributed by atoms with van der Waals surface area (Å²) in [5.41, 5.74) is 10.8. The fourth-order valence-electron chi connectivity index (χ4n) is 4.35.